The van der Waals surface area contributed by atoms with E-state index in [0.717, 1.165) is 49.2 Å². The van der Waals surface area contributed by atoms with Gasteiger partial charge in [0, 0.05) is 38.3 Å². The second-order valence-electron chi connectivity index (χ2n) is 6.93. The van der Waals surface area contributed by atoms with Crippen LogP contribution in [-0.2, 0) is 19.5 Å². The Bertz CT molecular complexity index is 949. The highest BCUT2D eigenvalue weighted by Gasteiger charge is 2.03. The van der Waals surface area contributed by atoms with Crippen LogP contribution in [0.2, 0.25) is 0 Å². The fraction of sp³-hybridized carbons (Fsp3) is 0.391. The number of pyridine rings is 1. The molecule has 10 heteroatoms. The van der Waals surface area contributed by atoms with Gasteiger partial charge < -0.3 is 24.7 Å². The molecule has 1 aromatic carbocycles. The molecule has 2 N–H and O–H groups in total. The molecule has 0 aliphatic carbocycles. The summed E-state index contributed by atoms with van der Waals surface area (Å²) in [6.45, 7) is 7.82. The van der Waals surface area contributed by atoms with Crippen LogP contribution in [0.25, 0.3) is 0 Å². The molecular weight excluding hydrogens is 533 g/mol. The highest BCUT2D eigenvalue weighted by Crippen LogP contribution is 2.10. The summed E-state index contributed by atoms with van der Waals surface area (Å²) in [5.41, 5.74) is 1.00. The molecule has 0 spiro atoms. The topological polar surface area (TPSA) is 98.5 Å². The van der Waals surface area contributed by atoms with Crippen LogP contribution in [0.1, 0.15) is 25.2 Å². The number of aromatic nitrogens is 4. The van der Waals surface area contributed by atoms with Gasteiger partial charge >= 0.3 is 0 Å². The number of halogens is 1. The average molecular weight is 565 g/mol. The van der Waals surface area contributed by atoms with Gasteiger partial charge in [0.25, 0.3) is 0 Å². The van der Waals surface area contributed by atoms with Crippen LogP contribution < -0.4 is 20.1 Å². The minimum Gasteiger partial charge on any atom is -0.490 e. The normalized spacial score (nSPS) is 10.9. The molecule has 0 saturated heterocycles. The first-order valence-electron chi connectivity index (χ1n) is 10.9. The van der Waals surface area contributed by atoms with Gasteiger partial charge in [0.15, 0.2) is 5.96 Å². The van der Waals surface area contributed by atoms with Gasteiger partial charge in [0.05, 0.1) is 6.54 Å². The van der Waals surface area contributed by atoms with Crippen LogP contribution >= 0.6 is 24.0 Å². The van der Waals surface area contributed by atoms with E-state index in [0.29, 0.717) is 25.6 Å². The van der Waals surface area contributed by atoms with E-state index in [1.54, 1.807) is 12.5 Å². The fourth-order valence-corrected chi connectivity index (χ4v) is 2.96. The van der Waals surface area contributed by atoms with Crippen molar-refractivity contribution >= 4 is 29.9 Å². The molecule has 2 aromatic heterocycles. The van der Waals surface area contributed by atoms with Gasteiger partial charge in [0.1, 0.15) is 31.1 Å². The summed E-state index contributed by atoms with van der Waals surface area (Å²) in [6.07, 6.45) is 4.40. The van der Waals surface area contributed by atoms with E-state index in [9.17, 15) is 0 Å². The van der Waals surface area contributed by atoms with Crippen molar-refractivity contribution in [3.8, 4) is 11.6 Å². The molecule has 0 radical (unpaired) electrons. The van der Waals surface area contributed by atoms with Gasteiger partial charge in [-0.05, 0) is 24.6 Å². The highest BCUT2D eigenvalue weighted by atomic mass is 127. The quantitative estimate of drug-likeness (QED) is 0.151. The lowest BCUT2D eigenvalue weighted by Gasteiger charge is -2.12. The number of benzene rings is 1. The second-order valence-corrected chi connectivity index (χ2v) is 6.93. The van der Waals surface area contributed by atoms with Gasteiger partial charge in [-0.2, -0.15) is 0 Å². The standard InChI is InChI=1S/C23H31N7O2.HI/c1-3-21-29-28-18-30(21)13-12-25-23(24-4-2)27-17-19-10-11-22(26-16-19)32-15-14-31-20-8-6-5-7-9-20;/h5-11,16,18H,3-4,12-15,17H2,1-2H3,(H2,24,25,27);1H. The number of para-hydroxylation sites is 1. The zero-order chi connectivity index (χ0) is 22.4. The molecular formula is C23H32IN7O2. The first-order valence-corrected chi connectivity index (χ1v) is 10.9. The Morgan fingerprint density at radius 1 is 1.03 bits per heavy atom. The maximum atomic E-state index is 5.65. The molecule has 0 bridgehead atoms. The van der Waals surface area contributed by atoms with Gasteiger partial charge in [-0.15, -0.1) is 34.2 Å². The number of hydrogen-bond donors (Lipinski definition) is 2. The van der Waals surface area contributed by atoms with Crippen molar-refractivity contribution in [3.63, 3.8) is 0 Å². The largest absolute Gasteiger partial charge is 0.490 e. The molecule has 0 fully saturated rings. The number of aryl methyl sites for hydroxylation is 1. The minimum atomic E-state index is 0. The molecule has 0 amide bonds. The van der Waals surface area contributed by atoms with E-state index >= 15 is 0 Å². The van der Waals surface area contributed by atoms with Gasteiger partial charge in [0.2, 0.25) is 5.88 Å². The van der Waals surface area contributed by atoms with E-state index in [-0.39, 0.29) is 24.0 Å². The lowest BCUT2D eigenvalue weighted by Crippen LogP contribution is -2.38. The summed E-state index contributed by atoms with van der Waals surface area (Å²) in [5.74, 6) is 3.14. The van der Waals surface area contributed by atoms with E-state index in [4.69, 9.17) is 9.47 Å². The molecule has 0 saturated carbocycles. The van der Waals surface area contributed by atoms with Crippen molar-refractivity contribution in [2.45, 2.75) is 33.4 Å². The molecule has 0 unspecified atom stereocenters. The Kier molecular flexibility index (Phi) is 12.0. The Labute approximate surface area is 212 Å². The SMILES string of the molecule is CCNC(=NCc1ccc(OCCOc2ccccc2)nc1)NCCn1cnnc1CC.I. The molecule has 0 aliphatic rings. The molecule has 0 atom stereocenters. The first kappa shape index (κ1) is 26.4. The monoisotopic (exact) mass is 565 g/mol. The maximum absolute atomic E-state index is 5.65. The number of hydrogen-bond acceptors (Lipinski definition) is 6. The van der Waals surface area contributed by atoms with Gasteiger partial charge in [-0.1, -0.05) is 31.2 Å². The number of guanidine groups is 1. The smallest absolute Gasteiger partial charge is 0.213 e. The summed E-state index contributed by atoms with van der Waals surface area (Å²) in [4.78, 5) is 8.99. The van der Waals surface area contributed by atoms with E-state index in [1.165, 1.54) is 0 Å². The zero-order valence-electron chi connectivity index (χ0n) is 19.1. The molecule has 33 heavy (non-hydrogen) atoms. The Balaban J connectivity index is 0.00000385. The molecule has 3 aromatic rings. The van der Waals surface area contributed by atoms with Gasteiger partial charge in [-0.25, -0.2) is 9.98 Å². The number of aliphatic imine (C=N–C) groups is 1. The zero-order valence-corrected chi connectivity index (χ0v) is 21.4. The summed E-state index contributed by atoms with van der Waals surface area (Å²) < 4.78 is 13.3. The predicted molar refractivity (Wildman–Crippen MR) is 139 cm³/mol. The van der Waals surface area contributed by atoms with E-state index < -0.39 is 0 Å². The Morgan fingerprint density at radius 2 is 1.85 bits per heavy atom. The van der Waals surface area contributed by atoms with Crippen molar-refractivity contribution in [2.24, 2.45) is 4.99 Å². The lowest BCUT2D eigenvalue weighted by molar-refractivity contribution is 0.212. The molecule has 0 aliphatic heterocycles. The van der Waals surface area contributed by atoms with Crippen molar-refractivity contribution in [1.82, 2.24) is 30.4 Å². The van der Waals surface area contributed by atoms with Crippen LogP contribution in [0.5, 0.6) is 11.6 Å². The van der Waals surface area contributed by atoms with Crippen molar-refractivity contribution in [1.29, 1.82) is 0 Å². The third kappa shape index (κ3) is 9.24. The number of nitrogens with zero attached hydrogens (tertiary/aromatic N) is 5. The summed E-state index contributed by atoms with van der Waals surface area (Å²) >= 11 is 0. The van der Waals surface area contributed by atoms with Crippen molar-refractivity contribution < 1.29 is 9.47 Å². The highest BCUT2D eigenvalue weighted by molar-refractivity contribution is 14.0. The van der Waals surface area contributed by atoms with Crippen molar-refractivity contribution in [2.75, 3.05) is 26.3 Å². The van der Waals surface area contributed by atoms with Crippen LogP contribution in [0, 0.1) is 0 Å². The number of ether oxygens (including phenoxy) is 2. The first-order chi connectivity index (χ1) is 15.8. The third-order valence-corrected chi connectivity index (χ3v) is 4.56. The van der Waals surface area contributed by atoms with Crippen LogP contribution in [0.15, 0.2) is 60.0 Å². The van der Waals surface area contributed by atoms with E-state index in [2.05, 4.69) is 37.7 Å². The Morgan fingerprint density at radius 3 is 2.58 bits per heavy atom. The van der Waals surface area contributed by atoms with Crippen LogP contribution in [0.3, 0.4) is 0 Å². The number of rotatable bonds is 12. The molecule has 178 valence electrons. The van der Waals surface area contributed by atoms with E-state index in [1.807, 2.05) is 54.0 Å². The van der Waals surface area contributed by atoms with Gasteiger partial charge in [-0.3, -0.25) is 0 Å². The average Bonchev–Trinajstić information content (AvgIpc) is 3.29. The lowest BCUT2D eigenvalue weighted by atomic mass is 10.3. The summed E-state index contributed by atoms with van der Waals surface area (Å²) in [7, 11) is 0. The van der Waals surface area contributed by atoms with Crippen molar-refractivity contribution in [3.05, 3.63) is 66.4 Å². The maximum Gasteiger partial charge on any atom is 0.213 e. The van der Waals surface area contributed by atoms with Crippen LogP contribution in [0.4, 0.5) is 0 Å². The summed E-state index contributed by atoms with van der Waals surface area (Å²) in [5, 5.41) is 14.7. The minimum absolute atomic E-state index is 0. The number of nitrogens with one attached hydrogen (secondary N) is 2. The second kappa shape index (κ2) is 15.0. The predicted octanol–water partition coefficient (Wildman–Crippen LogP) is 3.07. The molecule has 2 heterocycles. The molecule has 9 nitrogen and oxygen atoms in total. The Hall–Kier alpha value is -2.89. The van der Waals surface area contributed by atoms with Crippen LogP contribution in [-0.4, -0.2) is 52.0 Å². The fourth-order valence-electron chi connectivity index (χ4n) is 2.96. The summed E-state index contributed by atoms with van der Waals surface area (Å²) in [6, 6.07) is 13.5. The molecule has 3 rings (SSSR count). The third-order valence-electron chi connectivity index (χ3n) is 4.56.